The van der Waals surface area contributed by atoms with Gasteiger partial charge in [-0.05, 0) is 39.8 Å². The zero-order valence-corrected chi connectivity index (χ0v) is 15.0. The highest BCUT2D eigenvalue weighted by molar-refractivity contribution is 7.11. The van der Waals surface area contributed by atoms with Crippen molar-refractivity contribution in [3.8, 4) is 0 Å². The molecule has 0 spiro atoms. The van der Waals surface area contributed by atoms with Crippen molar-refractivity contribution in [1.29, 1.82) is 0 Å². The summed E-state index contributed by atoms with van der Waals surface area (Å²) in [5.74, 6) is 0.896. The lowest BCUT2D eigenvalue weighted by Gasteiger charge is -2.33. The van der Waals surface area contributed by atoms with Crippen LogP contribution in [0.25, 0.3) is 0 Å². The zero-order valence-electron chi connectivity index (χ0n) is 14.2. The molecule has 1 N–H and O–H groups in total. The van der Waals surface area contributed by atoms with Crippen molar-refractivity contribution in [2.24, 2.45) is 0 Å². The summed E-state index contributed by atoms with van der Waals surface area (Å²) in [7, 11) is 0. The fourth-order valence-corrected chi connectivity index (χ4v) is 3.88. The van der Waals surface area contributed by atoms with E-state index >= 15 is 0 Å². The molecular formula is C17H24N4OS. The Morgan fingerprint density at radius 3 is 2.87 bits per heavy atom. The second-order valence-corrected chi connectivity index (χ2v) is 7.84. The standard InChI is InChI=1S/C17H24N4OS/c1-11(2)18-17(22)15-10-21-8-7-20(13(4)16(21)19-15)9-14-6-5-12(3)23-14/h5-6,10-11,13H,7-9H2,1-4H3,(H,18,22)/t13-/m0/s1. The van der Waals surface area contributed by atoms with E-state index in [4.69, 9.17) is 0 Å². The molecule has 124 valence electrons. The maximum atomic E-state index is 12.2. The summed E-state index contributed by atoms with van der Waals surface area (Å²) in [4.78, 5) is 21.9. The van der Waals surface area contributed by atoms with Gasteiger partial charge in [-0.25, -0.2) is 4.98 Å². The largest absolute Gasteiger partial charge is 0.348 e. The lowest BCUT2D eigenvalue weighted by atomic mass is 10.2. The van der Waals surface area contributed by atoms with Crippen molar-refractivity contribution >= 4 is 17.2 Å². The minimum Gasteiger partial charge on any atom is -0.348 e. The third-order valence-electron chi connectivity index (χ3n) is 4.16. The number of aromatic nitrogens is 2. The van der Waals surface area contributed by atoms with Gasteiger partial charge in [-0.1, -0.05) is 0 Å². The first kappa shape index (κ1) is 16.2. The monoisotopic (exact) mass is 332 g/mol. The van der Waals surface area contributed by atoms with Crippen LogP contribution in [0.1, 0.15) is 52.9 Å². The van der Waals surface area contributed by atoms with Crippen LogP contribution in [0, 0.1) is 6.92 Å². The van der Waals surface area contributed by atoms with Crippen LogP contribution in [0.3, 0.4) is 0 Å². The van der Waals surface area contributed by atoms with E-state index in [9.17, 15) is 4.79 Å². The lowest BCUT2D eigenvalue weighted by molar-refractivity contribution is 0.0938. The molecule has 1 atom stereocenters. The second kappa shape index (κ2) is 6.45. The first-order chi connectivity index (χ1) is 10.9. The minimum absolute atomic E-state index is 0.0884. The highest BCUT2D eigenvalue weighted by Crippen LogP contribution is 2.28. The van der Waals surface area contributed by atoms with Crippen LogP contribution in [0.15, 0.2) is 18.3 Å². The van der Waals surface area contributed by atoms with Gasteiger partial charge < -0.3 is 9.88 Å². The summed E-state index contributed by atoms with van der Waals surface area (Å²) in [6, 6.07) is 4.71. The van der Waals surface area contributed by atoms with Crippen LogP contribution in [0.5, 0.6) is 0 Å². The van der Waals surface area contributed by atoms with Crippen LogP contribution in [-0.2, 0) is 13.1 Å². The Morgan fingerprint density at radius 1 is 1.43 bits per heavy atom. The van der Waals surface area contributed by atoms with Crippen LogP contribution < -0.4 is 5.32 Å². The predicted octanol–water partition coefficient (Wildman–Crippen LogP) is 2.97. The molecule has 3 rings (SSSR count). The Labute approximate surface area is 141 Å². The van der Waals surface area contributed by atoms with Gasteiger partial charge in [-0.3, -0.25) is 9.69 Å². The molecule has 0 bridgehead atoms. The van der Waals surface area contributed by atoms with E-state index < -0.39 is 0 Å². The number of fused-ring (bicyclic) bond motifs is 1. The smallest absolute Gasteiger partial charge is 0.271 e. The number of hydrogen-bond acceptors (Lipinski definition) is 4. The summed E-state index contributed by atoms with van der Waals surface area (Å²) in [5.41, 5.74) is 0.523. The normalized spacial score (nSPS) is 18.2. The fourth-order valence-electron chi connectivity index (χ4n) is 2.97. The number of hydrogen-bond donors (Lipinski definition) is 1. The van der Waals surface area contributed by atoms with Gasteiger partial charge in [0, 0.05) is 41.6 Å². The average Bonchev–Trinajstić information content (AvgIpc) is 3.08. The number of amides is 1. The fraction of sp³-hybridized carbons (Fsp3) is 0.529. The Balaban J connectivity index is 1.75. The highest BCUT2D eigenvalue weighted by Gasteiger charge is 2.27. The first-order valence-electron chi connectivity index (χ1n) is 8.11. The van der Waals surface area contributed by atoms with Crippen molar-refractivity contribution in [1.82, 2.24) is 19.8 Å². The average molecular weight is 332 g/mol. The summed E-state index contributed by atoms with van der Waals surface area (Å²) in [5, 5.41) is 2.91. The molecule has 0 unspecified atom stereocenters. The lowest BCUT2D eigenvalue weighted by Crippen LogP contribution is -2.36. The summed E-state index contributed by atoms with van der Waals surface area (Å²) in [6.07, 6.45) is 1.89. The van der Waals surface area contributed by atoms with E-state index in [2.05, 4.69) is 45.7 Å². The van der Waals surface area contributed by atoms with E-state index in [0.29, 0.717) is 5.69 Å². The van der Waals surface area contributed by atoms with Crippen molar-refractivity contribution in [3.63, 3.8) is 0 Å². The SMILES string of the molecule is Cc1ccc(CN2CCn3cc(C(=O)NC(C)C)nc3[C@@H]2C)s1. The molecular weight excluding hydrogens is 308 g/mol. The van der Waals surface area contributed by atoms with Crippen molar-refractivity contribution in [3.05, 3.63) is 39.6 Å². The number of thiophene rings is 1. The molecule has 2 aromatic heterocycles. The molecule has 0 radical (unpaired) electrons. The van der Waals surface area contributed by atoms with Crippen molar-refractivity contribution in [2.75, 3.05) is 6.54 Å². The summed E-state index contributed by atoms with van der Waals surface area (Å²) < 4.78 is 2.12. The van der Waals surface area contributed by atoms with Gasteiger partial charge >= 0.3 is 0 Å². The molecule has 1 amide bonds. The topological polar surface area (TPSA) is 50.2 Å². The zero-order chi connectivity index (χ0) is 16.6. The Hall–Kier alpha value is -1.66. The van der Waals surface area contributed by atoms with Crippen molar-refractivity contribution in [2.45, 2.75) is 52.9 Å². The number of imidazole rings is 1. The third kappa shape index (κ3) is 3.48. The number of aryl methyl sites for hydroxylation is 1. The van der Waals surface area contributed by atoms with Gasteiger partial charge in [0.1, 0.15) is 11.5 Å². The number of carbonyl (C=O) groups excluding carboxylic acids is 1. The molecule has 1 aliphatic heterocycles. The summed E-state index contributed by atoms with van der Waals surface area (Å²) >= 11 is 1.85. The maximum Gasteiger partial charge on any atom is 0.271 e. The van der Waals surface area contributed by atoms with Crippen LogP contribution >= 0.6 is 11.3 Å². The van der Waals surface area contributed by atoms with Crippen LogP contribution in [0.4, 0.5) is 0 Å². The van der Waals surface area contributed by atoms with Gasteiger partial charge in [0.2, 0.25) is 0 Å². The van der Waals surface area contributed by atoms with Gasteiger partial charge in [0.25, 0.3) is 5.91 Å². The third-order valence-corrected chi connectivity index (χ3v) is 5.15. The number of carbonyl (C=O) groups is 1. The van der Waals surface area contributed by atoms with E-state index in [1.165, 1.54) is 9.75 Å². The summed E-state index contributed by atoms with van der Waals surface area (Å²) in [6.45, 7) is 11.0. The number of rotatable bonds is 4. The molecule has 1 aliphatic rings. The Kier molecular flexibility index (Phi) is 4.55. The molecule has 0 saturated heterocycles. The molecule has 0 aromatic carbocycles. The number of nitrogens with one attached hydrogen (secondary N) is 1. The van der Waals surface area contributed by atoms with E-state index in [0.717, 1.165) is 25.5 Å². The van der Waals surface area contributed by atoms with E-state index in [-0.39, 0.29) is 18.0 Å². The molecule has 0 saturated carbocycles. The molecule has 5 nitrogen and oxygen atoms in total. The Bertz CT molecular complexity index is 703. The van der Waals surface area contributed by atoms with Gasteiger partial charge in [0.05, 0.1) is 6.04 Å². The van der Waals surface area contributed by atoms with Crippen molar-refractivity contribution < 1.29 is 4.79 Å². The van der Waals surface area contributed by atoms with Gasteiger partial charge in [-0.15, -0.1) is 11.3 Å². The Morgan fingerprint density at radius 2 is 2.22 bits per heavy atom. The molecule has 0 fully saturated rings. The highest BCUT2D eigenvalue weighted by atomic mass is 32.1. The molecule has 23 heavy (non-hydrogen) atoms. The second-order valence-electron chi connectivity index (χ2n) is 6.46. The maximum absolute atomic E-state index is 12.2. The minimum atomic E-state index is -0.0884. The quantitative estimate of drug-likeness (QED) is 0.936. The number of nitrogens with zero attached hydrogens (tertiary/aromatic N) is 3. The molecule has 3 heterocycles. The first-order valence-corrected chi connectivity index (χ1v) is 8.93. The van der Waals surface area contributed by atoms with Gasteiger partial charge in [0.15, 0.2) is 0 Å². The van der Waals surface area contributed by atoms with Crippen LogP contribution in [0.2, 0.25) is 0 Å². The van der Waals surface area contributed by atoms with Crippen LogP contribution in [-0.4, -0.2) is 32.9 Å². The molecule has 6 heteroatoms. The molecule has 2 aromatic rings. The molecule has 0 aliphatic carbocycles. The predicted molar refractivity (Wildman–Crippen MR) is 92.7 cm³/mol. The van der Waals surface area contributed by atoms with E-state index in [1.807, 2.05) is 31.4 Å². The van der Waals surface area contributed by atoms with Gasteiger partial charge in [-0.2, -0.15) is 0 Å². The van der Waals surface area contributed by atoms with E-state index in [1.54, 1.807) is 0 Å².